The molecule has 1 saturated heterocycles. The summed E-state index contributed by atoms with van der Waals surface area (Å²) in [7, 11) is -3.38. The zero-order valence-electron chi connectivity index (χ0n) is 20.0. The third kappa shape index (κ3) is 7.17. The molecule has 8 nitrogen and oxygen atoms in total. The fourth-order valence-electron chi connectivity index (χ4n) is 4.30. The van der Waals surface area contributed by atoms with Gasteiger partial charge in [0.25, 0.3) is 5.91 Å². The molecule has 3 rings (SSSR count). The summed E-state index contributed by atoms with van der Waals surface area (Å²) in [5.74, 6) is -1.11. The van der Waals surface area contributed by atoms with Crippen LogP contribution in [0, 0.1) is 5.92 Å². The molecule has 1 saturated carbocycles. The van der Waals surface area contributed by atoms with E-state index < -0.39 is 46.1 Å². The van der Waals surface area contributed by atoms with Crippen molar-refractivity contribution in [2.75, 3.05) is 18.4 Å². The van der Waals surface area contributed by atoms with E-state index in [-0.39, 0.29) is 30.0 Å². The lowest BCUT2D eigenvalue weighted by Gasteiger charge is -2.37. The summed E-state index contributed by atoms with van der Waals surface area (Å²) >= 11 is 0. The number of nitrogens with one attached hydrogen (secondary N) is 2. The van der Waals surface area contributed by atoms with E-state index in [9.17, 15) is 31.2 Å². The molecule has 1 aromatic carbocycles. The van der Waals surface area contributed by atoms with Crippen molar-refractivity contribution < 1.29 is 35.9 Å². The number of hydrogen-bond acceptors (Lipinski definition) is 5. The van der Waals surface area contributed by atoms with Gasteiger partial charge < -0.3 is 15.0 Å². The molecule has 0 bridgehead atoms. The first kappa shape index (κ1) is 27.4. The number of nitrogens with zero attached hydrogens (tertiary/aromatic N) is 1. The van der Waals surface area contributed by atoms with Gasteiger partial charge in [-0.25, -0.2) is 13.1 Å². The second-order valence-electron chi connectivity index (χ2n) is 9.52. The summed E-state index contributed by atoms with van der Waals surface area (Å²) in [5, 5.41) is 2.25. The molecule has 1 aliphatic carbocycles. The van der Waals surface area contributed by atoms with Gasteiger partial charge in [-0.1, -0.05) is 6.07 Å². The highest BCUT2D eigenvalue weighted by Crippen LogP contribution is 2.29. The molecule has 2 atom stereocenters. The van der Waals surface area contributed by atoms with Crippen LogP contribution in [0.4, 0.5) is 18.9 Å². The topological polar surface area (TPSA) is 105 Å². The van der Waals surface area contributed by atoms with Gasteiger partial charge >= 0.3 is 6.18 Å². The van der Waals surface area contributed by atoms with E-state index in [4.69, 9.17) is 4.74 Å². The van der Waals surface area contributed by atoms with Gasteiger partial charge in [-0.3, -0.25) is 9.59 Å². The van der Waals surface area contributed by atoms with Crippen molar-refractivity contribution in [3.63, 3.8) is 0 Å². The van der Waals surface area contributed by atoms with Crippen molar-refractivity contribution in [3.05, 3.63) is 29.8 Å². The van der Waals surface area contributed by atoms with Gasteiger partial charge in [0.05, 0.1) is 17.9 Å². The fraction of sp³-hybridized carbons (Fsp3) is 0.652. The minimum absolute atomic E-state index is 0.0335. The Morgan fingerprint density at radius 2 is 1.77 bits per heavy atom. The van der Waals surface area contributed by atoms with Gasteiger partial charge in [-0.05, 0) is 64.7 Å². The molecule has 0 unspecified atom stereocenters. The van der Waals surface area contributed by atoms with Crippen LogP contribution in [-0.2, 0) is 19.6 Å². The first-order valence-electron chi connectivity index (χ1n) is 11.7. The molecular formula is C23H32F3N3O5S. The maximum absolute atomic E-state index is 13.1. The van der Waals surface area contributed by atoms with Gasteiger partial charge in [0.2, 0.25) is 15.9 Å². The fourth-order valence-corrected chi connectivity index (χ4v) is 5.27. The highest BCUT2D eigenvalue weighted by molar-refractivity contribution is 7.90. The normalized spacial score (nSPS) is 26.0. The number of anilines is 1. The largest absolute Gasteiger partial charge is 0.416 e. The number of morpholine rings is 1. The number of hydrogen-bond donors (Lipinski definition) is 2. The van der Waals surface area contributed by atoms with Crippen molar-refractivity contribution in [3.8, 4) is 0 Å². The average molecular weight is 520 g/mol. The van der Waals surface area contributed by atoms with Gasteiger partial charge in [0.15, 0.2) is 6.10 Å². The van der Waals surface area contributed by atoms with Crippen molar-refractivity contribution in [2.45, 2.75) is 76.1 Å². The second-order valence-corrected chi connectivity index (χ2v) is 11.8. The Bertz CT molecular complexity index is 1020. The number of benzene rings is 1. The summed E-state index contributed by atoms with van der Waals surface area (Å²) in [6.07, 6.45) is -5.27. The lowest BCUT2D eigenvalue weighted by Crippen LogP contribution is -2.54. The van der Waals surface area contributed by atoms with Crippen LogP contribution in [0.25, 0.3) is 0 Å². The quantitative estimate of drug-likeness (QED) is 0.600. The van der Waals surface area contributed by atoms with E-state index in [1.165, 1.54) is 19.1 Å². The van der Waals surface area contributed by atoms with Crippen molar-refractivity contribution >= 4 is 27.5 Å². The van der Waals surface area contributed by atoms with E-state index in [1.807, 2.05) is 0 Å². The SMILES string of the molecule is CC(C)S(=O)(=O)N[C@H]1CC[C@H](C(=O)Nc2cccc(C(=O)N3C[C@@H](C)O[C@@H](C(F)(F)F)C3)c2)CC1. The zero-order valence-corrected chi connectivity index (χ0v) is 20.8. The number of ether oxygens (including phenoxy) is 1. The molecule has 2 aliphatic rings. The van der Waals surface area contributed by atoms with E-state index in [0.717, 1.165) is 4.90 Å². The zero-order chi connectivity index (χ0) is 26.0. The first-order valence-corrected chi connectivity index (χ1v) is 13.2. The monoisotopic (exact) mass is 519 g/mol. The molecule has 0 radical (unpaired) electrons. The Morgan fingerprint density at radius 1 is 1.11 bits per heavy atom. The summed E-state index contributed by atoms with van der Waals surface area (Å²) < 4.78 is 71.1. The molecule has 196 valence electrons. The number of halogens is 3. The standard InChI is InChI=1S/C23H32F3N3O5S/c1-14(2)35(32,33)28-18-9-7-16(8-10-18)21(30)27-19-6-4-5-17(11-19)22(31)29-12-15(3)34-20(13-29)23(24,25)26/h4-6,11,14-16,18,20,28H,7-10,12-13H2,1-3H3,(H,27,30)/t15-,16-,18-,20-/m1/s1. The minimum atomic E-state index is -4.57. The van der Waals surface area contributed by atoms with Gasteiger partial charge in [-0.15, -0.1) is 0 Å². The lowest BCUT2D eigenvalue weighted by atomic mass is 9.86. The van der Waals surface area contributed by atoms with Crippen LogP contribution in [-0.4, -0.2) is 67.9 Å². The molecule has 35 heavy (non-hydrogen) atoms. The van der Waals surface area contributed by atoms with Crippen LogP contribution >= 0.6 is 0 Å². The van der Waals surface area contributed by atoms with E-state index in [1.54, 1.807) is 26.0 Å². The molecule has 1 aromatic rings. The summed E-state index contributed by atoms with van der Waals surface area (Å²) in [6, 6.07) is 5.91. The third-order valence-electron chi connectivity index (χ3n) is 6.34. The molecule has 2 N–H and O–H groups in total. The number of carbonyl (C=O) groups is 2. The average Bonchev–Trinajstić information content (AvgIpc) is 2.78. The smallest absolute Gasteiger partial charge is 0.362 e. The number of alkyl halides is 3. The Morgan fingerprint density at radius 3 is 2.37 bits per heavy atom. The highest BCUT2D eigenvalue weighted by atomic mass is 32.2. The van der Waals surface area contributed by atoms with Crippen LogP contribution < -0.4 is 10.0 Å². The molecule has 1 heterocycles. The van der Waals surface area contributed by atoms with E-state index >= 15 is 0 Å². The molecule has 12 heteroatoms. The molecule has 2 amide bonds. The second kappa shape index (κ2) is 10.8. The summed E-state index contributed by atoms with van der Waals surface area (Å²) in [4.78, 5) is 26.8. The van der Waals surface area contributed by atoms with Crippen molar-refractivity contribution in [1.82, 2.24) is 9.62 Å². The summed E-state index contributed by atoms with van der Waals surface area (Å²) in [5.41, 5.74) is 0.543. The first-order chi connectivity index (χ1) is 16.3. The highest BCUT2D eigenvalue weighted by Gasteiger charge is 2.46. The predicted octanol–water partition coefficient (Wildman–Crippen LogP) is 3.30. The van der Waals surface area contributed by atoms with Gasteiger partial charge in [0.1, 0.15) is 0 Å². The minimum Gasteiger partial charge on any atom is -0.362 e. The maximum atomic E-state index is 13.1. The summed E-state index contributed by atoms with van der Waals surface area (Å²) in [6.45, 7) is 4.14. The lowest BCUT2D eigenvalue weighted by molar-refractivity contribution is -0.247. The third-order valence-corrected chi connectivity index (χ3v) is 8.24. The number of carbonyl (C=O) groups excluding carboxylic acids is 2. The predicted molar refractivity (Wildman–Crippen MR) is 124 cm³/mol. The van der Waals surface area contributed by atoms with E-state index in [0.29, 0.717) is 31.4 Å². The van der Waals surface area contributed by atoms with Crippen LogP contribution in [0.1, 0.15) is 56.8 Å². The van der Waals surface area contributed by atoms with Crippen molar-refractivity contribution in [1.29, 1.82) is 0 Å². The Kier molecular flexibility index (Phi) is 8.48. The van der Waals surface area contributed by atoms with Crippen LogP contribution in [0.2, 0.25) is 0 Å². The molecular weight excluding hydrogens is 487 g/mol. The van der Waals surface area contributed by atoms with Crippen LogP contribution in [0.3, 0.4) is 0 Å². The molecule has 1 aliphatic heterocycles. The number of rotatable bonds is 6. The molecule has 0 aromatic heterocycles. The van der Waals surface area contributed by atoms with Gasteiger partial charge in [-0.2, -0.15) is 13.2 Å². The Labute approximate surface area is 203 Å². The van der Waals surface area contributed by atoms with Gasteiger partial charge in [0, 0.05) is 29.8 Å². The van der Waals surface area contributed by atoms with Crippen LogP contribution in [0.5, 0.6) is 0 Å². The van der Waals surface area contributed by atoms with Crippen LogP contribution in [0.15, 0.2) is 24.3 Å². The van der Waals surface area contributed by atoms with Crippen molar-refractivity contribution in [2.24, 2.45) is 5.92 Å². The molecule has 2 fully saturated rings. The number of sulfonamides is 1. The molecule has 0 spiro atoms. The Balaban J connectivity index is 1.58. The van der Waals surface area contributed by atoms with E-state index in [2.05, 4.69) is 10.0 Å². The number of amides is 2. The maximum Gasteiger partial charge on any atom is 0.416 e. The Hall–Kier alpha value is -2.18.